The van der Waals surface area contributed by atoms with Gasteiger partial charge in [0.1, 0.15) is 29.9 Å². The number of methoxy groups -OCH3 is 1. The zero-order chi connectivity index (χ0) is 24.8. The summed E-state index contributed by atoms with van der Waals surface area (Å²) in [6.45, 7) is -0.539. The van der Waals surface area contributed by atoms with Crippen LogP contribution in [0.25, 0.3) is 10.2 Å². The number of hydrogen-bond acceptors (Lipinski definition) is 11. The molecule has 1 aromatic heterocycles. The second-order valence-electron chi connectivity index (χ2n) is 11.1. The van der Waals surface area contributed by atoms with E-state index in [1.165, 1.54) is 17.8 Å². The number of rotatable bonds is 5. The lowest BCUT2D eigenvalue weighted by Gasteiger charge is -2.68. The first-order valence-electron chi connectivity index (χ1n) is 12.7. The van der Waals surface area contributed by atoms with Gasteiger partial charge in [0.15, 0.2) is 11.4 Å². The Bertz CT molecular complexity index is 1120. The van der Waals surface area contributed by atoms with E-state index in [4.69, 9.17) is 24.0 Å². The molecule has 6 aliphatic rings. The molecule has 1 aromatic carbocycles. The Labute approximate surface area is 211 Å². The molecule has 2 saturated heterocycles. The highest BCUT2D eigenvalue weighted by molar-refractivity contribution is 7.16. The quantitative estimate of drug-likeness (QED) is 0.427. The van der Waals surface area contributed by atoms with Gasteiger partial charge in [0.2, 0.25) is 6.29 Å². The first kappa shape index (κ1) is 23.7. The Morgan fingerprint density at radius 1 is 1.00 bits per heavy atom. The van der Waals surface area contributed by atoms with E-state index in [1.54, 1.807) is 18.7 Å². The van der Waals surface area contributed by atoms with Crippen LogP contribution in [0.5, 0.6) is 5.75 Å². The van der Waals surface area contributed by atoms with Crippen LogP contribution in [0, 0.1) is 23.7 Å². The molecule has 1 spiro atoms. The molecule has 36 heavy (non-hydrogen) atoms. The van der Waals surface area contributed by atoms with Crippen molar-refractivity contribution in [2.24, 2.45) is 23.7 Å². The fourth-order valence-corrected chi connectivity index (χ4v) is 8.59. The number of hydrogen-bond donors (Lipinski definition) is 4. The van der Waals surface area contributed by atoms with Gasteiger partial charge in [0.25, 0.3) is 5.79 Å². The zero-order valence-corrected chi connectivity index (χ0v) is 20.7. The molecule has 0 radical (unpaired) electrons. The number of thiazole rings is 1. The molecular weight excluding hydrogens is 490 g/mol. The Kier molecular flexibility index (Phi) is 5.46. The van der Waals surface area contributed by atoms with Crippen molar-refractivity contribution in [3.8, 4) is 5.75 Å². The fourth-order valence-electron chi connectivity index (χ4n) is 7.86. The number of ether oxygens (including phenoxy) is 3. The van der Waals surface area contributed by atoms with E-state index in [9.17, 15) is 20.4 Å². The van der Waals surface area contributed by atoms with Gasteiger partial charge >= 0.3 is 0 Å². The Balaban J connectivity index is 1.28. The number of benzene rings is 1. The summed E-state index contributed by atoms with van der Waals surface area (Å²) in [5.41, 5.74) is 2.42. The average molecular weight is 522 g/mol. The van der Waals surface area contributed by atoms with Gasteiger partial charge in [-0.3, -0.25) is 0 Å². The first-order chi connectivity index (χ1) is 17.4. The summed E-state index contributed by atoms with van der Waals surface area (Å²) in [6.07, 6.45) is -1.19. The molecule has 10 nitrogen and oxygen atoms in total. The summed E-state index contributed by atoms with van der Waals surface area (Å²) in [6, 6.07) is 3.77. The van der Waals surface area contributed by atoms with Gasteiger partial charge in [-0.1, -0.05) is 0 Å². The number of aromatic nitrogens is 1. The van der Waals surface area contributed by atoms with Crippen LogP contribution in [-0.2, 0) is 25.0 Å². The molecule has 0 amide bonds. The molecule has 6 unspecified atom stereocenters. The molecular formula is C25H31NO9S. The van der Waals surface area contributed by atoms with E-state index in [1.807, 2.05) is 6.07 Å². The molecule has 4 N–H and O–H groups in total. The van der Waals surface area contributed by atoms with Crippen LogP contribution in [0.15, 0.2) is 17.6 Å². The van der Waals surface area contributed by atoms with E-state index in [0.717, 1.165) is 47.8 Å². The summed E-state index contributed by atoms with van der Waals surface area (Å²) in [7, 11) is 1.64. The molecule has 4 saturated carbocycles. The topological polar surface area (TPSA) is 140 Å². The molecule has 11 heteroatoms. The lowest BCUT2D eigenvalue weighted by molar-refractivity contribution is -0.645. The molecule has 4 aliphatic carbocycles. The van der Waals surface area contributed by atoms with Gasteiger partial charge < -0.3 is 34.6 Å². The predicted octanol–water partition coefficient (Wildman–Crippen LogP) is 1.43. The summed E-state index contributed by atoms with van der Waals surface area (Å²) in [5, 5.41) is 40.5. The fraction of sp³-hybridized carbons (Fsp3) is 0.720. The maximum Gasteiger partial charge on any atom is 0.260 e. The van der Waals surface area contributed by atoms with Crippen LogP contribution < -0.4 is 4.74 Å². The number of fused-ring (bicyclic) bond motifs is 1. The van der Waals surface area contributed by atoms with Crippen molar-refractivity contribution in [1.29, 1.82) is 0 Å². The third kappa shape index (κ3) is 3.03. The summed E-state index contributed by atoms with van der Waals surface area (Å²) >= 11 is 1.43. The van der Waals surface area contributed by atoms with Crippen LogP contribution in [0.3, 0.4) is 0 Å². The minimum atomic E-state index is -1.54. The zero-order valence-electron chi connectivity index (χ0n) is 19.9. The number of aliphatic hydroxyl groups excluding tert-OH is 4. The van der Waals surface area contributed by atoms with Gasteiger partial charge in [-0.25, -0.2) is 9.87 Å². The molecule has 6 atom stereocenters. The van der Waals surface area contributed by atoms with Gasteiger partial charge in [0.05, 0.1) is 16.8 Å². The normalized spacial score (nSPS) is 47.4. The largest absolute Gasteiger partial charge is 0.460 e. The highest BCUT2D eigenvalue weighted by Gasteiger charge is 2.76. The van der Waals surface area contributed by atoms with Gasteiger partial charge in [0, 0.05) is 12.7 Å². The van der Waals surface area contributed by atoms with E-state index < -0.39 is 48.7 Å². The summed E-state index contributed by atoms with van der Waals surface area (Å²) < 4.78 is 18.7. The van der Waals surface area contributed by atoms with E-state index in [2.05, 4.69) is 4.98 Å². The SMILES string of the molecule is COC1(c2cc(OC3OC(CO)C(O)C(O)C3O)c3ncsc3c2)OOC12C1CC3CC(C1)CC2C3. The Morgan fingerprint density at radius 3 is 2.33 bits per heavy atom. The maximum absolute atomic E-state index is 10.5. The second-order valence-corrected chi connectivity index (χ2v) is 12.0. The summed E-state index contributed by atoms with van der Waals surface area (Å²) in [5.74, 6) is 1.38. The van der Waals surface area contributed by atoms with Gasteiger partial charge in [-0.05, 0) is 67.9 Å². The minimum absolute atomic E-state index is 0.318. The second kappa shape index (κ2) is 8.29. The predicted molar refractivity (Wildman–Crippen MR) is 125 cm³/mol. The molecule has 2 aliphatic heterocycles. The van der Waals surface area contributed by atoms with Crippen LogP contribution in [0.2, 0.25) is 0 Å². The standard InChI is InChI=1S/C25H31NO9S/c1-31-25(24(34-35-25)13-3-11-2-12(5-13)6-14(24)4-11)15-7-16(19-18(8-15)36-10-26-19)32-23-22(30)21(29)20(28)17(9-27)33-23/h7-8,10-14,17,20-23,27-30H,2-6,9H2,1H3. The van der Waals surface area contributed by atoms with Crippen molar-refractivity contribution in [2.45, 2.75) is 74.2 Å². The van der Waals surface area contributed by atoms with Crippen molar-refractivity contribution in [1.82, 2.24) is 4.98 Å². The number of aliphatic hydroxyl groups is 4. The van der Waals surface area contributed by atoms with Crippen LogP contribution in [0.1, 0.15) is 37.7 Å². The number of nitrogens with zero attached hydrogens (tertiary/aromatic N) is 1. The molecule has 2 aromatic rings. The maximum atomic E-state index is 10.5. The minimum Gasteiger partial charge on any atom is -0.460 e. The van der Waals surface area contributed by atoms with E-state index in [-0.39, 0.29) is 0 Å². The Morgan fingerprint density at radius 2 is 1.72 bits per heavy atom. The van der Waals surface area contributed by atoms with Gasteiger partial charge in [-0.2, -0.15) is 4.89 Å². The third-order valence-corrected chi connectivity index (χ3v) is 10.1. The van der Waals surface area contributed by atoms with E-state index >= 15 is 0 Å². The van der Waals surface area contributed by atoms with Crippen LogP contribution in [0.4, 0.5) is 0 Å². The molecule has 4 bridgehead atoms. The summed E-state index contributed by atoms with van der Waals surface area (Å²) in [4.78, 5) is 16.4. The molecule has 6 fully saturated rings. The lowest BCUT2D eigenvalue weighted by Crippen LogP contribution is -2.76. The smallest absolute Gasteiger partial charge is 0.260 e. The monoisotopic (exact) mass is 521 g/mol. The van der Waals surface area contributed by atoms with Crippen LogP contribution >= 0.6 is 11.3 Å². The third-order valence-electron chi connectivity index (χ3n) is 9.32. The van der Waals surface area contributed by atoms with Crippen molar-refractivity contribution in [3.63, 3.8) is 0 Å². The molecule has 196 valence electrons. The van der Waals surface area contributed by atoms with Gasteiger partial charge in [-0.15, -0.1) is 11.3 Å². The highest BCUT2D eigenvalue weighted by atomic mass is 32.1. The van der Waals surface area contributed by atoms with Crippen molar-refractivity contribution in [3.05, 3.63) is 23.2 Å². The van der Waals surface area contributed by atoms with Crippen molar-refractivity contribution in [2.75, 3.05) is 13.7 Å². The molecule has 8 rings (SSSR count). The van der Waals surface area contributed by atoms with Crippen LogP contribution in [-0.4, -0.2) is 75.4 Å². The van der Waals surface area contributed by atoms with E-state index in [0.29, 0.717) is 23.1 Å². The average Bonchev–Trinajstić information content (AvgIpc) is 3.33. The Hall–Kier alpha value is -1.41. The first-order valence-corrected chi connectivity index (χ1v) is 13.5. The van der Waals surface area contributed by atoms with Crippen molar-refractivity contribution < 1.29 is 44.4 Å². The highest BCUT2D eigenvalue weighted by Crippen LogP contribution is 2.69. The van der Waals surface area contributed by atoms with Crippen molar-refractivity contribution >= 4 is 21.6 Å². The lowest BCUT2D eigenvalue weighted by atomic mass is 9.47. The molecule has 3 heterocycles.